The predicted molar refractivity (Wildman–Crippen MR) is 131 cm³/mol. The zero-order valence-corrected chi connectivity index (χ0v) is 19.2. The topological polar surface area (TPSA) is 80.9 Å². The highest BCUT2D eigenvalue weighted by atomic mass is 127. The Labute approximate surface area is 191 Å². The molecule has 2 aromatic carbocycles. The minimum Gasteiger partial charge on any atom is -0.361 e. The van der Waals surface area contributed by atoms with E-state index in [4.69, 9.17) is 0 Å². The molecule has 4 aromatic rings. The molecule has 0 aliphatic heterocycles. The second kappa shape index (κ2) is 10.4. The van der Waals surface area contributed by atoms with Crippen LogP contribution in [0.4, 0.5) is 4.39 Å². The van der Waals surface area contributed by atoms with Crippen LogP contribution in [0.5, 0.6) is 0 Å². The van der Waals surface area contributed by atoms with Crippen molar-refractivity contribution in [2.24, 2.45) is 4.99 Å². The van der Waals surface area contributed by atoms with Crippen LogP contribution in [0.25, 0.3) is 21.9 Å². The van der Waals surface area contributed by atoms with Gasteiger partial charge in [0.2, 0.25) is 0 Å². The average Bonchev–Trinajstić information content (AvgIpc) is 3.33. The highest BCUT2D eigenvalue weighted by Gasteiger charge is 2.06. The largest absolute Gasteiger partial charge is 0.361 e. The molecule has 0 radical (unpaired) electrons. The summed E-state index contributed by atoms with van der Waals surface area (Å²) < 4.78 is 13.3. The van der Waals surface area contributed by atoms with E-state index in [2.05, 4.69) is 30.6 Å². The molecule has 8 heteroatoms. The van der Waals surface area contributed by atoms with E-state index in [1.165, 1.54) is 12.1 Å². The Balaban J connectivity index is 0.00000256. The zero-order chi connectivity index (χ0) is 20.1. The molecule has 2 heterocycles. The number of hydrogen-bond acceptors (Lipinski definition) is 2. The minimum absolute atomic E-state index is 0. The van der Waals surface area contributed by atoms with E-state index in [0.29, 0.717) is 0 Å². The molecule has 0 aliphatic carbocycles. The number of H-pyrrole nitrogens is 2. The molecule has 0 spiro atoms. The average molecular weight is 520 g/mol. The molecule has 0 atom stereocenters. The van der Waals surface area contributed by atoms with Crippen LogP contribution >= 0.6 is 24.0 Å². The summed E-state index contributed by atoms with van der Waals surface area (Å²) >= 11 is 0. The van der Waals surface area contributed by atoms with Crippen LogP contribution in [-0.4, -0.2) is 41.0 Å². The smallest absolute Gasteiger partial charge is 0.190 e. The first-order chi connectivity index (χ1) is 14.2. The number of aryl methyl sites for hydroxylation is 1. The third-order valence-corrected chi connectivity index (χ3v) is 4.96. The fourth-order valence-corrected chi connectivity index (χ4v) is 3.49. The van der Waals surface area contributed by atoms with Crippen molar-refractivity contribution >= 4 is 51.9 Å². The highest BCUT2D eigenvalue weighted by Crippen LogP contribution is 2.19. The first kappa shape index (κ1) is 22.1. The molecule has 0 fully saturated rings. The van der Waals surface area contributed by atoms with Crippen molar-refractivity contribution in [2.45, 2.75) is 19.3 Å². The van der Waals surface area contributed by atoms with E-state index in [-0.39, 0.29) is 29.8 Å². The monoisotopic (exact) mass is 520 g/mol. The summed E-state index contributed by atoms with van der Waals surface area (Å²) in [7, 11) is 1.77. The maximum absolute atomic E-state index is 13.3. The van der Waals surface area contributed by atoms with Gasteiger partial charge in [0, 0.05) is 43.7 Å². The van der Waals surface area contributed by atoms with Gasteiger partial charge in [0.25, 0.3) is 0 Å². The van der Waals surface area contributed by atoms with Crippen molar-refractivity contribution in [3.05, 3.63) is 65.9 Å². The summed E-state index contributed by atoms with van der Waals surface area (Å²) in [5, 5.41) is 7.73. The number of benzene rings is 2. The molecule has 2 aromatic heterocycles. The maximum atomic E-state index is 13.3. The quantitative estimate of drug-likeness (QED) is 0.128. The Morgan fingerprint density at radius 3 is 2.73 bits per heavy atom. The normalized spacial score (nSPS) is 11.6. The van der Waals surface area contributed by atoms with E-state index in [1.54, 1.807) is 7.05 Å². The standard InChI is InChI=1S/C22H25FN6.HI/c1-24-22(25-11-4-7-21-28-18-5-2-3-6-19(18)29-21)26-12-10-15-14-27-20-13-16(23)8-9-17(15)20;/h2-3,5-6,8-9,13-14,27H,4,7,10-12H2,1H3,(H,28,29)(H2,24,25,26);1H. The number of guanidine groups is 1. The van der Waals surface area contributed by atoms with E-state index in [1.807, 2.05) is 36.5 Å². The number of rotatable bonds is 7. The van der Waals surface area contributed by atoms with Gasteiger partial charge in [-0.1, -0.05) is 12.1 Å². The maximum Gasteiger partial charge on any atom is 0.190 e. The molecule has 4 N–H and O–H groups in total. The molecule has 0 bridgehead atoms. The lowest BCUT2D eigenvalue weighted by Crippen LogP contribution is -2.38. The number of fused-ring (bicyclic) bond motifs is 2. The van der Waals surface area contributed by atoms with Gasteiger partial charge in [-0.25, -0.2) is 9.37 Å². The van der Waals surface area contributed by atoms with Crippen LogP contribution in [-0.2, 0) is 12.8 Å². The molecule has 0 saturated heterocycles. The Bertz CT molecular complexity index is 1100. The number of aromatic nitrogens is 3. The molecular formula is C22H26FIN6. The van der Waals surface area contributed by atoms with Gasteiger partial charge in [0.1, 0.15) is 11.6 Å². The van der Waals surface area contributed by atoms with Gasteiger partial charge in [0.15, 0.2) is 5.96 Å². The van der Waals surface area contributed by atoms with Gasteiger partial charge >= 0.3 is 0 Å². The molecule has 4 rings (SSSR count). The lowest BCUT2D eigenvalue weighted by molar-refractivity contribution is 0.629. The summed E-state index contributed by atoms with van der Waals surface area (Å²) in [4.78, 5) is 15.4. The van der Waals surface area contributed by atoms with Gasteiger partial charge in [-0.2, -0.15) is 0 Å². The Morgan fingerprint density at radius 2 is 1.90 bits per heavy atom. The molecule has 0 amide bonds. The fourth-order valence-electron chi connectivity index (χ4n) is 3.49. The number of hydrogen-bond donors (Lipinski definition) is 4. The number of aromatic amines is 2. The van der Waals surface area contributed by atoms with Crippen LogP contribution in [0.1, 0.15) is 17.8 Å². The van der Waals surface area contributed by atoms with E-state index in [0.717, 1.165) is 71.6 Å². The summed E-state index contributed by atoms with van der Waals surface area (Å²) in [5.41, 5.74) is 4.07. The van der Waals surface area contributed by atoms with Crippen LogP contribution in [0.2, 0.25) is 0 Å². The second-order valence-electron chi connectivity index (χ2n) is 6.98. The molecule has 30 heavy (non-hydrogen) atoms. The second-order valence-corrected chi connectivity index (χ2v) is 6.98. The van der Waals surface area contributed by atoms with Crippen LogP contribution in [0.3, 0.4) is 0 Å². The van der Waals surface area contributed by atoms with Gasteiger partial charge in [-0.05, 0) is 48.7 Å². The molecule has 6 nitrogen and oxygen atoms in total. The molecule has 0 aliphatic rings. The van der Waals surface area contributed by atoms with Crippen molar-refractivity contribution in [1.29, 1.82) is 0 Å². The summed E-state index contributed by atoms with van der Waals surface area (Å²) in [5.74, 6) is 1.56. The Hall–Kier alpha value is -2.62. The number of nitrogens with zero attached hydrogens (tertiary/aromatic N) is 2. The zero-order valence-electron chi connectivity index (χ0n) is 16.8. The van der Waals surface area contributed by atoms with E-state index < -0.39 is 0 Å². The summed E-state index contributed by atoms with van der Waals surface area (Å²) in [6.07, 6.45) is 4.60. The third kappa shape index (κ3) is 5.29. The van der Waals surface area contributed by atoms with Crippen LogP contribution < -0.4 is 10.6 Å². The molecule has 0 saturated carbocycles. The highest BCUT2D eigenvalue weighted by molar-refractivity contribution is 14.0. The van der Waals surface area contributed by atoms with Gasteiger partial charge in [-0.15, -0.1) is 24.0 Å². The molecule has 158 valence electrons. The fraction of sp³-hybridized carbons (Fsp3) is 0.273. The number of imidazole rings is 1. The van der Waals surface area contributed by atoms with Gasteiger partial charge in [-0.3, -0.25) is 4.99 Å². The SMILES string of the molecule is CN=C(NCCCc1nc2ccccc2[nH]1)NCCc1c[nH]c2cc(F)ccc12.I. The number of aliphatic imine (C=N–C) groups is 1. The first-order valence-corrected chi connectivity index (χ1v) is 9.86. The number of nitrogens with one attached hydrogen (secondary N) is 4. The van der Waals surface area contributed by atoms with Crippen molar-refractivity contribution in [3.8, 4) is 0 Å². The van der Waals surface area contributed by atoms with Crippen molar-refractivity contribution < 1.29 is 4.39 Å². The Kier molecular flexibility index (Phi) is 7.67. The lowest BCUT2D eigenvalue weighted by Gasteiger charge is -2.11. The first-order valence-electron chi connectivity index (χ1n) is 9.86. The lowest BCUT2D eigenvalue weighted by atomic mass is 10.1. The number of halogens is 2. The van der Waals surface area contributed by atoms with Crippen molar-refractivity contribution in [1.82, 2.24) is 25.6 Å². The minimum atomic E-state index is -0.226. The summed E-state index contributed by atoms with van der Waals surface area (Å²) in [6.45, 7) is 1.55. The predicted octanol–water partition coefficient (Wildman–Crippen LogP) is 4.14. The summed E-state index contributed by atoms with van der Waals surface area (Å²) in [6, 6.07) is 12.9. The molecular weight excluding hydrogens is 494 g/mol. The van der Waals surface area contributed by atoms with Gasteiger partial charge in [0.05, 0.1) is 11.0 Å². The van der Waals surface area contributed by atoms with Crippen molar-refractivity contribution in [3.63, 3.8) is 0 Å². The van der Waals surface area contributed by atoms with Crippen molar-refractivity contribution in [2.75, 3.05) is 20.1 Å². The molecule has 0 unspecified atom stereocenters. The van der Waals surface area contributed by atoms with E-state index in [9.17, 15) is 4.39 Å². The van der Waals surface area contributed by atoms with Gasteiger partial charge < -0.3 is 20.6 Å². The third-order valence-electron chi connectivity index (χ3n) is 4.96. The van der Waals surface area contributed by atoms with E-state index >= 15 is 0 Å². The Morgan fingerprint density at radius 1 is 1.07 bits per heavy atom. The number of para-hydroxylation sites is 2. The van der Waals surface area contributed by atoms with Crippen LogP contribution in [0.15, 0.2) is 53.7 Å². The van der Waals surface area contributed by atoms with Crippen LogP contribution in [0, 0.1) is 5.82 Å².